The van der Waals surface area contributed by atoms with E-state index in [1.807, 2.05) is 0 Å². The van der Waals surface area contributed by atoms with Gasteiger partial charge in [-0.25, -0.2) is 0 Å². The second-order valence-electron chi connectivity index (χ2n) is 9.06. The SMILES string of the molecule is C[C@]1(O[Si](C)(C)C)CCCC[C@@]1(O[Si](C)(C)C)c1ccccc1. The summed E-state index contributed by atoms with van der Waals surface area (Å²) < 4.78 is 13.8. The van der Waals surface area contributed by atoms with Crippen molar-refractivity contribution in [2.24, 2.45) is 0 Å². The molecule has 0 radical (unpaired) electrons. The molecule has 1 aromatic carbocycles. The Balaban J connectivity index is 2.56. The van der Waals surface area contributed by atoms with Gasteiger partial charge in [-0.1, -0.05) is 43.2 Å². The molecule has 130 valence electrons. The Morgan fingerprint density at radius 1 is 0.783 bits per heavy atom. The molecule has 0 unspecified atom stereocenters. The van der Waals surface area contributed by atoms with Crippen molar-refractivity contribution in [3.8, 4) is 0 Å². The van der Waals surface area contributed by atoms with Crippen molar-refractivity contribution in [3.05, 3.63) is 35.9 Å². The highest BCUT2D eigenvalue weighted by atomic mass is 28.4. The average Bonchev–Trinajstić information content (AvgIpc) is 2.39. The Hall–Kier alpha value is -0.426. The second kappa shape index (κ2) is 6.47. The smallest absolute Gasteiger partial charge is 0.185 e. The van der Waals surface area contributed by atoms with E-state index in [1.54, 1.807) is 0 Å². The minimum absolute atomic E-state index is 0.239. The number of hydrogen-bond donors (Lipinski definition) is 0. The predicted molar refractivity (Wildman–Crippen MR) is 104 cm³/mol. The summed E-state index contributed by atoms with van der Waals surface area (Å²) in [5, 5.41) is 0. The van der Waals surface area contributed by atoms with E-state index in [2.05, 4.69) is 76.5 Å². The molecule has 2 rings (SSSR count). The van der Waals surface area contributed by atoms with Crippen LogP contribution in [0.5, 0.6) is 0 Å². The van der Waals surface area contributed by atoms with Crippen LogP contribution in [0.25, 0.3) is 0 Å². The molecule has 0 amide bonds. The lowest BCUT2D eigenvalue weighted by atomic mass is 9.69. The van der Waals surface area contributed by atoms with Crippen molar-refractivity contribution >= 4 is 16.6 Å². The van der Waals surface area contributed by atoms with E-state index in [0.717, 1.165) is 12.8 Å². The van der Waals surface area contributed by atoms with E-state index >= 15 is 0 Å². The number of benzene rings is 1. The van der Waals surface area contributed by atoms with Crippen LogP contribution in [0.3, 0.4) is 0 Å². The van der Waals surface area contributed by atoms with Crippen LogP contribution in [-0.4, -0.2) is 22.2 Å². The first-order valence-electron chi connectivity index (χ1n) is 8.93. The standard InChI is InChI=1S/C19H34O2Si2/c1-18(20-22(2,3)4)15-11-12-16-19(18,21-23(5,6)7)17-13-9-8-10-14-17/h8-10,13-14H,11-12,15-16H2,1-7H3/t18-,19+/m0/s1. The van der Waals surface area contributed by atoms with Gasteiger partial charge in [-0.15, -0.1) is 0 Å². The highest BCUT2D eigenvalue weighted by Gasteiger charge is 2.55. The van der Waals surface area contributed by atoms with Gasteiger partial charge in [-0.2, -0.15) is 0 Å². The predicted octanol–water partition coefficient (Wildman–Crippen LogP) is 5.92. The number of rotatable bonds is 5. The third kappa shape index (κ3) is 4.35. The van der Waals surface area contributed by atoms with Gasteiger partial charge in [0.25, 0.3) is 0 Å². The third-order valence-corrected chi connectivity index (χ3v) is 6.56. The summed E-state index contributed by atoms with van der Waals surface area (Å²) in [5.74, 6) is 0. The summed E-state index contributed by atoms with van der Waals surface area (Å²) in [6, 6.07) is 10.8. The van der Waals surface area contributed by atoms with Crippen molar-refractivity contribution in [3.63, 3.8) is 0 Å². The Kier molecular flexibility index (Phi) is 5.32. The molecule has 2 atom stereocenters. The minimum Gasteiger partial charge on any atom is -0.409 e. The zero-order chi connectivity index (χ0) is 17.4. The largest absolute Gasteiger partial charge is 0.409 e. The maximum absolute atomic E-state index is 6.95. The topological polar surface area (TPSA) is 18.5 Å². The number of hydrogen-bond acceptors (Lipinski definition) is 2. The Morgan fingerprint density at radius 3 is 1.83 bits per heavy atom. The average molecular weight is 351 g/mol. The molecule has 0 N–H and O–H groups in total. The molecule has 4 heteroatoms. The first kappa shape index (κ1) is 18.9. The third-order valence-electron chi connectivity index (χ3n) is 4.54. The van der Waals surface area contributed by atoms with Crippen molar-refractivity contribution < 1.29 is 8.85 Å². The normalized spacial score (nSPS) is 29.5. The summed E-state index contributed by atoms with van der Waals surface area (Å²) >= 11 is 0. The van der Waals surface area contributed by atoms with Crippen LogP contribution in [0.4, 0.5) is 0 Å². The summed E-state index contributed by atoms with van der Waals surface area (Å²) in [6.07, 6.45) is 4.58. The lowest BCUT2D eigenvalue weighted by Gasteiger charge is -2.56. The van der Waals surface area contributed by atoms with Crippen LogP contribution in [0, 0.1) is 0 Å². The molecule has 2 nitrogen and oxygen atoms in total. The molecule has 0 heterocycles. The summed E-state index contributed by atoms with van der Waals surface area (Å²) in [7, 11) is -3.41. The molecule has 23 heavy (non-hydrogen) atoms. The van der Waals surface area contributed by atoms with Gasteiger partial charge in [0.05, 0.1) is 5.60 Å². The lowest BCUT2D eigenvalue weighted by molar-refractivity contribution is -0.149. The maximum atomic E-state index is 6.95. The Bertz CT molecular complexity index is 518. The lowest BCUT2D eigenvalue weighted by Crippen LogP contribution is -2.61. The zero-order valence-electron chi connectivity index (χ0n) is 16.0. The highest BCUT2D eigenvalue weighted by molar-refractivity contribution is 6.70. The van der Waals surface area contributed by atoms with Crippen LogP contribution in [0.15, 0.2) is 30.3 Å². The van der Waals surface area contributed by atoms with Gasteiger partial charge in [-0.3, -0.25) is 0 Å². The van der Waals surface area contributed by atoms with Crippen LogP contribution in [-0.2, 0) is 14.5 Å². The summed E-state index contributed by atoms with van der Waals surface area (Å²) in [6.45, 7) is 16.0. The van der Waals surface area contributed by atoms with Gasteiger partial charge < -0.3 is 8.85 Å². The highest BCUT2D eigenvalue weighted by Crippen LogP contribution is 2.51. The van der Waals surface area contributed by atoms with E-state index in [9.17, 15) is 0 Å². The molecule has 1 aliphatic rings. The second-order valence-corrected chi connectivity index (χ2v) is 17.9. The van der Waals surface area contributed by atoms with Crippen LogP contribution in [0.1, 0.15) is 38.2 Å². The quantitative estimate of drug-likeness (QED) is 0.614. The Labute approximate surface area is 144 Å². The molecular formula is C19H34O2Si2. The summed E-state index contributed by atoms with van der Waals surface area (Å²) in [5.41, 5.74) is 0.747. The van der Waals surface area contributed by atoms with E-state index in [0.29, 0.717) is 0 Å². The van der Waals surface area contributed by atoms with Crippen LogP contribution < -0.4 is 0 Å². The first-order valence-corrected chi connectivity index (χ1v) is 15.8. The molecule has 0 saturated heterocycles. The van der Waals surface area contributed by atoms with Crippen molar-refractivity contribution in [2.75, 3.05) is 0 Å². The van der Waals surface area contributed by atoms with Gasteiger partial charge in [0.1, 0.15) is 5.60 Å². The minimum atomic E-state index is -1.73. The Morgan fingerprint density at radius 2 is 1.30 bits per heavy atom. The van der Waals surface area contributed by atoms with E-state index in [1.165, 1.54) is 18.4 Å². The molecule has 1 fully saturated rings. The fraction of sp³-hybridized carbons (Fsp3) is 0.684. The molecule has 1 aliphatic carbocycles. The van der Waals surface area contributed by atoms with E-state index in [-0.39, 0.29) is 11.2 Å². The first-order chi connectivity index (χ1) is 10.5. The van der Waals surface area contributed by atoms with Crippen LogP contribution in [0.2, 0.25) is 39.3 Å². The van der Waals surface area contributed by atoms with Gasteiger partial charge in [0.15, 0.2) is 16.6 Å². The summed E-state index contributed by atoms with van der Waals surface area (Å²) in [4.78, 5) is 0. The molecule has 1 aromatic rings. The van der Waals surface area contributed by atoms with Crippen LogP contribution >= 0.6 is 0 Å². The monoisotopic (exact) mass is 350 g/mol. The fourth-order valence-electron chi connectivity index (χ4n) is 4.01. The fourth-order valence-corrected chi connectivity index (χ4v) is 7.11. The van der Waals surface area contributed by atoms with Gasteiger partial charge in [0.2, 0.25) is 0 Å². The molecule has 0 spiro atoms. The molecule has 1 saturated carbocycles. The van der Waals surface area contributed by atoms with Crippen molar-refractivity contribution in [1.29, 1.82) is 0 Å². The van der Waals surface area contributed by atoms with E-state index < -0.39 is 16.6 Å². The van der Waals surface area contributed by atoms with Gasteiger partial charge in [-0.05, 0) is 64.6 Å². The molecule has 0 bridgehead atoms. The maximum Gasteiger partial charge on any atom is 0.185 e. The van der Waals surface area contributed by atoms with Gasteiger partial charge in [0, 0.05) is 0 Å². The molecule has 0 aromatic heterocycles. The zero-order valence-corrected chi connectivity index (χ0v) is 18.0. The van der Waals surface area contributed by atoms with E-state index in [4.69, 9.17) is 8.85 Å². The van der Waals surface area contributed by atoms with Crippen molar-refractivity contribution in [2.45, 2.75) is 83.1 Å². The van der Waals surface area contributed by atoms with Gasteiger partial charge >= 0.3 is 0 Å². The van der Waals surface area contributed by atoms with Crippen molar-refractivity contribution in [1.82, 2.24) is 0 Å². The molecule has 0 aliphatic heterocycles. The molecular weight excluding hydrogens is 316 g/mol.